The van der Waals surface area contributed by atoms with E-state index in [0.29, 0.717) is 85.4 Å². The van der Waals surface area contributed by atoms with Crippen molar-refractivity contribution in [1.82, 2.24) is 20.4 Å². The summed E-state index contributed by atoms with van der Waals surface area (Å²) in [4.78, 5) is 105. The summed E-state index contributed by atoms with van der Waals surface area (Å²) in [5, 5.41) is 51.6. The summed E-state index contributed by atoms with van der Waals surface area (Å²) >= 11 is 0. The van der Waals surface area contributed by atoms with Crippen LogP contribution in [0.2, 0.25) is 0 Å². The molecule has 1 aromatic carbocycles. The zero-order valence-corrected chi connectivity index (χ0v) is 51.1. The Bertz CT molecular complexity index is 2580. The highest BCUT2D eigenvalue weighted by molar-refractivity contribution is 6.12. The van der Waals surface area contributed by atoms with Gasteiger partial charge in [-0.15, -0.1) is 0 Å². The van der Waals surface area contributed by atoms with Crippen LogP contribution in [-0.4, -0.2) is 176 Å². The van der Waals surface area contributed by atoms with Crippen LogP contribution in [0.4, 0.5) is 10.5 Å². The first-order chi connectivity index (χ1) is 39.6. The molecule has 466 valence electrons. The SMILES string of the molecule is CCC[C@@H](C)[C@H]1O[C@@H]1C[C@@](C)(O)/C=C/C=C(\C)[C@H]1OC(=O)C[C@H](O)CC[C@@](C)(OC)C/C(C2C[N+](CCCC(=O)O)(Cc3ccc(NC(=O)[C@H](C)NC(=O)C(NC(=O)CCCCCN4C(=O)C=CC4=O)C(C)C)cc3)CCN2C(=O)O)=C/[C@@H]1C. The molecular formula is C63H95N6O15+. The van der Waals surface area contributed by atoms with E-state index in [1.807, 2.05) is 39.0 Å². The number of aliphatic hydroxyl groups is 2. The van der Waals surface area contributed by atoms with Crippen LogP contribution in [0.5, 0.6) is 0 Å². The lowest BCUT2D eigenvalue weighted by Crippen LogP contribution is -2.65. The van der Waals surface area contributed by atoms with Gasteiger partial charge in [-0.25, -0.2) is 4.79 Å². The quantitative estimate of drug-likeness (QED) is 0.00849. The van der Waals surface area contributed by atoms with Gasteiger partial charge in [0, 0.05) is 62.2 Å². The highest BCUT2D eigenvalue weighted by atomic mass is 16.6. The van der Waals surface area contributed by atoms with Gasteiger partial charge in [-0.1, -0.05) is 83.9 Å². The van der Waals surface area contributed by atoms with Gasteiger partial charge in [-0.05, 0) is 101 Å². The molecule has 12 atom stereocenters. The fraction of sp³-hybridized carbons (Fsp3) is 0.651. The van der Waals surface area contributed by atoms with Gasteiger partial charge in [0.25, 0.3) is 11.8 Å². The maximum absolute atomic E-state index is 13.6. The topological polar surface area (TPSA) is 291 Å². The maximum atomic E-state index is 13.6. The molecule has 2 saturated heterocycles. The van der Waals surface area contributed by atoms with Crippen molar-refractivity contribution in [3.05, 3.63) is 77.4 Å². The van der Waals surface area contributed by atoms with E-state index in [9.17, 15) is 58.8 Å². The second-order valence-electron chi connectivity index (χ2n) is 24.8. The number of cyclic esters (lactones) is 1. The molecule has 21 heteroatoms. The predicted octanol–water partition coefficient (Wildman–Crippen LogP) is 6.96. The first-order valence-electron chi connectivity index (χ1n) is 30.0. The van der Waals surface area contributed by atoms with Crippen LogP contribution in [0.1, 0.15) is 151 Å². The van der Waals surface area contributed by atoms with Crippen LogP contribution >= 0.6 is 0 Å². The summed E-state index contributed by atoms with van der Waals surface area (Å²) in [5.74, 6) is -4.10. The zero-order valence-electron chi connectivity index (χ0n) is 51.1. The summed E-state index contributed by atoms with van der Waals surface area (Å²) in [6.07, 6.45) is 11.7. The number of carbonyl (C=O) groups excluding carboxylic acids is 6. The number of aliphatic hydroxyl groups excluding tert-OH is 1. The molecule has 4 heterocycles. The number of ether oxygens (including phenoxy) is 3. The van der Waals surface area contributed by atoms with E-state index in [2.05, 4.69) is 29.8 Å². The van der Waals surface area contributed by atoms with Crippen molar-refractivity contribution in [3.63, 3.8) is 0 Å². The lowest BCUT2D eigenvalue weighted by molar-refractivity contribution is -0.946. The number of carboxylic acids is 1. The van der Waals surface area contributed by atoms with Gasteiger partial charge in [0.1, 0.15) is 37.3 Å². The van der Waals surface area contributed by atoms with Gasteiger partial charge in [0.15, 0.2) is 0 Å². The first-order valence-corrected chi connectivity index (χ1v) is 30.0. The minimum atomic E-state index is -1.18. The fourth-order valence-corrected chi connectivity index (χ4v) is 11.8. The van der Waals surface area contributed by atoms with Crippen molar-refractivity contribution in [2.24, 2.45) is 17.8 Å². The van der Waals surface area contributed by atoms with Crippen LogP contribution in [-0.2, 0) is 54.3 Å². The Morgan fingerprint density at radius 1 is 0.964 bits per heavy atom. The summed E-state index contributed by atoms with van der Waals surface area (Å²) < 4.78 is 18.6. The Balaban J connectivity index is 1.34. The number of hydrogen-bond acceptors (Lipinski definition) is 13. The summed E-state index contributed by atoms with van der Waals surface area (Å²) in [6, 6.07) is 4.48. The number of methoxy groups -OCH3 is 1. The Morgan fingerprint density at radius 2 is 1.65 bits per heavy atom. The number of rotatable bonds is 28. The largest absolute Gasteiger partial charge is 0.481 e. The van der Waals surface area contributed by atoms with Crippen molar-refractivity contribution in [3.8, 4) is 0 Å². The van der Waals surface area contributed by atoms with Gasteiger partial charge in [-0.2, -0.15) is 0 Å². The Labute approximate surface area is 495 Å². The van der Waals surface area contributed by atoms with Crippen molar-refractivity contribution >= 4 is 53.3 Å². The summed E-state index contributed by atoms with van der Waals surface area (Å²) in [7, 11) is 1.57. The molecule has 21 nitrogen and oxygen atoms in total. The molecule has 0 aliphatic carbocycles. The normalized spacial score (nSPS) is 27.6. The molecule has 2 fully saturated rings. The monoisotopic (exact) mass is 1180 g/mol. The molecule has 0 saturated carbocycles. The number of piperazine rings is 1. The fourth-order valence-electron chi connectivity index (χ4n) is 11.8. The highest BCUT2D eigenvalue weighted by Gasteiger charge is 2.47. The average Bonchev–Trinajstić information content (AvgIpc) is 2.82. The van der Waals surface area contributed by atoms with E-state index >= 15 is 0 Å². The molecule has 0 radical (unpaired) electrons. The lowest BCUT2D eigenvalue weighted by atomic mass is 9.82. The van der Waals surface area contributed by atoms with Crippen LogP contribution in [0.15, 0.2) is 71.9 Å². The van der Waals surface area contributed by atoms with Gasteiger partial charge >= 0.3 is 18.0 Å². The molecule has 0 aromatic heterocycles. The number of imide groups is 1. The molecule has 5 rings (SSSR count). The number of esters is 1. The number of aliphatic carboxylic acids is 1. The highest BCUT2D eigenvalue weighted by Crippen LogP contribution is 2.39. The third kappa shape index (κ3) is 20.8. The average molecular weight is 1180 g/mol. The van der Waals surface area contributed by atoms with E-state index in [1.165, 1.54) is 24.0 Å². The minimum Gasteiger partial charge on any atom is -0.481 e. The van der Waals surface area contributed by atoms with E-state index in [0.717, 1.165) is 23.3 Å². The molecule has 0 spiro atoms. The number of nitrogens with one attached hydrogen (secondary N) is 3. The number of unbranched alkanes of at least 4 members (excludes halogenated alkanes) is 2. The number of amides is 6. The molecule has 1 aromatic rings. The number of benzene rings is 1. The molecule has 7 N–H and O–H groups in total. The standard InChI is InChI=1S/C63H94N6O15/c1-11-17-41(4)58-50(83-58)37-62(8,81)28-15-18-42(5)57-43(6)34-46(36-63(9,82-10)29-27-48(70)35-55(76)84-57)49-39-69(32-16-20-54(74)75,33-31-67(49)61(79)80)38-45-21-23-47(24-22-45)65-59(77)44(7)64-60(78)56(40(2)3)66-51(71)19-13-12-14-30-68-52(72)25-26-53(68)73/h15,18,21-26,28,34,40-41,43-44,48-50,56-58,70,81H,11-14,16-17,19-20,27,29-33,35-39H2,1-10H3,(H4-,64,65,66,71,74,75,77,78,79,80)/p+1/b28-15+,42-18+,46-34-/t41-,43+,44+,48-,49?,50-,56?,57-,58-,62+,63-,69?/m1/s1. The maximum Gasteiger partial charge on any atom is 0.408 e. The molecule has 4 aliphatic heterocycles. The van der Waals surface area contributed by atoms with Crippen LogP contribution < -0.4 is 16.0 Å². The predicted molar refractivity (Wildman–Crippen MR) is 316 cm³/mol. The number of epoxide rings is 1. The van der Waals surface area contributed by atoms with E-state index in [4.69, 9.17) is 14.2 Å². The van der Waals surface area contributed by atoms with Gasteiger partial charge in [0.05, 0.1) is 62.0 Å². The minimum absolute atomic E-state index is 0.0478. The van der Waals surface area contributed by atoms with Gasteiger partial charge in [0.2, 0.25) is 17.7 Å². The Kier molecular flexibility index (Phi) is 25.5. The molecule has 0 bridgehead atoms. The number of quaternary nitrogens is 1. The number of allylic oxidation sites excluding steroid dienone is 2. The second-order valence-corrected chi connectivity index (χ2v) is 24.8. The third-order valence-electron chi connectivity index (χ3n) is 16.9. The van der Waals surface area contributed by atoms with Crippen LogP contribution in [0, 0.1) is 17.8 Å². The van der Waals surface area contributed by atoms with Gasteiger partial charge < -0.3 is 55.1 Å². The molecule has 4 aliphatic rings. The van der Waals surface area contributed by atoms with Crippen LogP contribution in [0.3, 0.4) is 0 Å². The lowest BCUT2D eigenvalue weighted by Gasteiger charge is -2.49. The van der Waals surface area contributed by atoms with Crippen LogP contribution in [0.25, 0.3) is 0 Å². The number of hydrogen-bond donors (Lipinski definition) is 7. The second kappa shape index (κ2) is 31.2. The molecule has 3 unspecified atom stereocenters. The molecule has 6 amide bonds. The molecular weight excluding hydrogens is 1080 g/mol. The Morgan fingerprint density at radius 3 is 2.29 bits per heavy atom. The third-order valence-corrected chi connectivity index (χ3v) is 16.9. The summed E-state index contributed by atoms with van der Waals surface area (Å²) in [6.45, 7) is 18.5. The number of carboxylic acid groups (broad SMARTS) is 2. The smallest absolute Gasteiger partial charge is 0.408 e. The van der Waals surface area contributed by atoms with Crippen molar-refractivity contribution in [1.29, 1.82) is 0 Å². The van der Waals surface area contributed by atoms with E-state index < -0.39 is 77.3 Å². The Hall–Kier alpha value is -6.26. The summed E-state index contributed by atoms with van der Waals surface area (Å²) in [5.41, 5.74) is 0.562. The number of anilines is 1. The van der Waals surface area contributed by atoms with E-state index in [1.54, 1.807) is 58.2 Å². The number of nitrogens with zero attached hydrogens (tertiary/aromatic N) is 3. The zero-order chi connectivity index (χ0) is 62.1. The molecule has 84 heavy (non-hydrogen) atoms. The number of carbonyl (C=O) groups is 8. The van der Waals surface area contributed by atoms with Crippen molar-refractivity contribution in [2.45, 2.75) is 206 Å². The first kappa shape index (κ1) is 68.5. The van der Waals surface area contributed by atoms with Gasteiger partial charge in [-0.3, -0.25) is 43.4 Å². The van der Waals surface area contributed by atoms with E-state index in [-0.39, 0.29) is 87.6 Å². The van der Waals surface area contributed by atoms with Crippen molar-refractivity contribution in [2.75, 3.05) is 45.2 Å². The van der Waals surface area contributed by atoms with Crippen molar-refractivity contribution < 1.29 is 77.5 Å².